The number of carbonyl (C=O) groups excluding carboxylic acids is 1. The molecule has 23 heavy (non-hydrogen) atoms. The van der Waals surface area contributed by atoms with E-state index in [0.717, 1.165) is 5.39 Å². The Bertz CT molecular complexity index is 929. The van der Waals surface area contributed by atoms with Crippen LogP contribution < -0.4 is 4.74 Å². The summed E-state index contributed by atoms with van der Waals surface area (Å²) in [5.74, 6) is 0.481. The Labute approximate surface area is 129 Å². The van der Waals surface area contributed by atoms with E-state index in [2.05, 4.69) is 25.0 Å². The molecular formula is C14H10N6O3. The zero-order chi connectivity index (χ0) is 16.2. The number of methoxy groups -OCH3 is 1. The zero-order valence-electron chi connectivity index (χ0n) is 11.9. The van der Waals surface area contributed by atoms with Crippen LogP contribution in [0.4, 0.5) is 5.82 Å². The third-order valence-electron chi connectivity index (χ3n) is 3.06. The maximum atomic E-state index is 11.6. The van der Waals surface area contributed by atoms with Crippen LogP contribution in [0.2, 0.25) is 0 Å². The van der Waals surface area contributed by atoms with Gasteiger partial charge in [-0.15, -0.1) is 0 Å². The van der Waals surface area contributed by atoms with Gasteiger partial charge in [0.15, 0.2) is 0 Å². The number of rotatable bonds is 4. The highest BCUT2D eigenvalue weighted by molar-refractivity contribution is 6.04. The summed E-state index contributed by atoms with van der Waals surface area (Å²) >= 11 is 0. The second-order valence-electron chi connectivity index (χ2n) is 4.41. The number of carbonyl (C=O) groups is 1. The first-order valence-electron chi connectivity index (χ1n) is 6.45. The summed E-state index contributed by atoms with van der Waals surface area (Å²) in [4.78, 5) is 25.0. The molecule has 0 unspecified atom stereocenters. The highest BCUT2D eigenvalue weighted by Crippen LogP contribution is 2.27. The molecule has 0 aliphatic heterocycles. The van der Waals surface area contributed by atoms with Crippen LogP contribution in [0.25, 0.3) is 21.3 Å². The molecule has 0 atom stereocenters. The summed E-state index contributed by atoms with van der Waals surface area (Å²) in [5, 5.41) is 4.11. The molecule has 0 radical (unpaired) electrons. The third kappa shape index (κ3) is 2.89. The Morgan fingerprint density at radius 2 is 2.22 bits per heavy atom. The molecule has 3 aromatic rings. The molecule has 0 bridgehead atoms. The van der Waals surface area contributed by atoms with Crippen molar-refractivity contribution >= 4 is 22.7 Å². The number of hydrogen-bond donors (Lipinski definition) is 1. The summed E-state index contributed by atoms with van der Waals surface area (Å²) in [6.45, 7) is 0. The van der Waals surface area contributed by atoms with Crippen molar-refractivity contribution < 1.29 is 14.3 Å². The van der Waals surface area contributed by atoms with E-state index in [1.54, 1.807) is 24.4 Å². The number of hydrogen-bond acceptors (Lipinski definition) is 6. The average molecular weight is 310 g/mol. The van der Waals surface area contributed by atoms with Crippen molar-refractivity contribution in [3.63, 3.8) is 0 Å². The quantitative estimate of drug-likeness (QED) is 0.341. The second-order valence-corrected chi connectivity index (χ2v) is 4.41. The van der Waals surface area contributed by atoms with Crippen LogP contribution in [0, 0.1) is 0 Å². The minimum absolute atomic E-state index is 0.159. The van der Waals surface area contributed by atoms with E-state index >= 15 is 0 Å². The van der Waals surface area contributed by atoms with Crippen molar-refractivity contribution in [1.82, 2.24) is 15.0 Å². The molecule has 1 aromatic carbocycles. The molecule has 9 heteroatoms. The SMILES string of the molecule is COC(=O)c1c[nH]c2cc(Oc3cc(N=[N+]=[N-])ncn3)ccc12. The van der Waals surface area contributed by atoms with Crippen LogP contribution in [0.5, 0.6) is 11.6 Å². The monoisotopic (exact) mass is 310 g/mol. The van der Waals surface area contributed by atoms with E-state index < -0.39 is 5.97 Å². The van der Waals surface area contributed by atoms with Gasteiger partial charge in [-0.1, -0.05) is 0 Å². The Hall–Kier alpha value is -3.58. The number of aromatic nitrogens is 3. The Balaban J connectivity index is 1.91. The Kier molecular flexibility index (Phi) is 3.77. The topological polar surface area (TPSA) is 126 Å². The summed E-state index contributed by atoms with van der Waals surface area (Å²) in [5.41, 5.74) is 9.56. The molecule has 0 saturated carbocycles. The van der Waals surface area contributed by atoms with Gasteiger partial charge in [0, 0.05) is 34.1 Å². The van der Waals surface area contributed by atoms with Crippen LogP contribution >= 0.6 is 0 Å². The first-order valence-corrected chi connectivity index (χ1v) is 6.45. The summed E-state index contributed by atoms with van der Waals surface area (Å²) in [6, 6.07) is 6.57. The van der Waals surface area contributed by atoms with Gasteiger partial charge in [-0.3, -0.25) is 0 Å². The fraction of sp³-hybridized carbons (Fsp3) is 0.0714. The first-order chi connectivity index (χ1) is 11.2. The molecule has 0 fully saturated rings. The maximum absolute atomic E-state index is 11.6. The largest absolute Gasteiger partial charge is 0.465 e. The fourth-order valence-corrected chi connectivity index (χ4v) is 2.05. The summed E-state index contributed by atoms with van der Waals surface area (Å²) < 4.78 is 10.3. The van der Waals surface area contributed by atoms with Crippen molar-refractivity contribution in [1.29, 1.82) is 0 Å². The Morgan fingerprint density at radius 1 is 1.35 bits per heavy atom. The zero-order valence-corrected chi connectivity index (χ0v) is 11.9. The lowest BCUT2D eigenvalue weighted by atomic mass is 10.2. The lowest BCUT2D eigenvalue weighted by Gasteiger charge is -2.05. The van der Waals surface area contributed by atoms with Gasteiger partial charge >= 0.3 is 5.97 Å². The molecule has 2 heterocycles. The highest BCUT2D eigenvalue weighted by atomic mass is 16.5. The fourth-order valence-electron chi connectivity index (χ4n) is 2.05. The van der Waals surface area contributed by atoms with Crippen molar-refractivity contribution in [2.45, 2.75) is 0 Å². The van der Waals surface area contributed by atoms with E-state index in [0.29, 0.717) is 16.8 Å². The molecule has 114 valence electrons. The van der Waals surface area contributed by atoms with Gasteiger partial charge < -0.3 is 14.5 Å². The van der Waals surface area contributed by atoms with E-state index in [-0.39, 0.29) is 11.7 Å². The number of H-pyrrole nitrogens is 1. The van der Waals surface area contributed by atoms with Gasteiger partial charge in [-0.25, -0.2) is 14.8 Å². The predicted molar refractivity (Wildman–Crippen MR) is 80.6 cm³/mol. The molecule has 9 nitrogen and oxygen atoms in total. The van der Waals surface area contributed by atoms with E-state index in [9.17, 15) is 4.79 Å². The van der Waals surface area contributed by atoms with Crippen LogP contribution in [-0.2, 0) is 4.74 Å². The van der Waals surface area contributed by atoms with Crippen LogP contribution in [0.1, 0.15) is 10.4 Å². The number of nitrogens with zero attached hydrogens (tertiary/aromatic N) is 5. The number of benzene rings is 1. The third-order valence-corrected chi connectivity index (χ3v) is 3.06. The highest BCUT2D eigenvalue weighted by Gasteiger charge is 2.12. The molecule has 0 aliphatic rings. The minimum atomic E-state index is -0.417. The van der Waals surface area contributed by atoms with E-state index in [4.69, 9.17) is 15.0 Å². The summed E-state index contributed by atoms with van der Waals surface area (Å²) in [7, 11) is 1.33. The molecular weight excluding hydrogens is 300 g/mol. The van der Waals surface area contributed by atoms with Crippen molar-refractivity contribution in [3.8, 4) is 11.6 Å². The van der Waals surface area contributed by atoms with E-state index in [1.807, 2.05) is 0 Å². The average Bonchev–Trinajstić information content (AvgIpc) is 2.98. The molecule has 2 aromatic heterocycles. The Morgan fingerprint density at radius 3 is 3.00 bits per heavy atom. The molecule has 0 amide bonds. The molecule has 0 spiro atoms. The minimum Gasteiger partial charge on any atom is -0.465 e. The van der Waals surface area contributed by atoms with Crippen molar-refractivity contribution in [2.75, 3.05) is 7.11 Å². The number of nitrogens with one attached hydrogen (secondary N) is 1. The number of ether oxygens (including phenoxy) is 2. The van der Waals surface area contributed by atoms with Gasteiger partial charge in [-0.2, -0.15) is 0 Å². The first kappa shape index (κ1) is 14.4. The number of aromatic amines is 1. The second kappa shape index (κ2) is 6.04. The van der Waals surface area contributed by atoms with Crippen LogP contribution in [0.15, 0.2) is 41.9 Å². The predicted octanol–water partition coefficient (Wildman–Crippen LogP) is 3.48. The van der Waals surface area contributed by atoms with Gasteiger partial charge in [-0.05, 0) is 22.8 Å². The maximum Gasteiger partial charge on any atom is 0.340 e. The lowest BCUT2D eigenvalue weighted by Crippen LogP contribution is -1.99. The van der Waals surface area contributed by atoms with Crippen molar-refractivity contribution in [3.05, 3.63) is 52.8 Å². The van der Waals surface area contributed by atoms with Gasteiger partial charge in [0.05, 0.1) is 12.7 Å². The summed E-state index contributed by atoms with van der Waals surface area (Å²) in [6.07, 6.45) is 2.81. The number of esters is 1. The van der Waals surface area contributed by atoms with Gasteiger partial charge in [0.2, 0.25) is 5.88 Å². The number of fused-ring (bicyclic) bond motifs is 1. The smallest absolute Gasteiger partial charge is 0.340 e. The van der Waals surface area contributed by atoms with Crippen molar-refractivity contribution in [2.24, 2.45) is 5.11 Å². The molecule has 0 aliphatic carbocycles. The molecule has 0 saturated heterocycles. The van der Waals surface area contributed by atoms with Gasteiger partial charge in [0.25, 0.3) is 0 Å². The number of azide groups is 1. The molecule has 3 rings (SSSR count). The normalized spacial score (nSPS) is 10.1. The molecule has 1 N–H and O–H groups in total. The van der Waals surface area contributed by atoms with Crippen LogP contribution in [0.3, 0.4) is 0 Å². The van der Waals surface area contributed by atoms with Gasteiger partial charge in [0.1, 0.15) is 17.9 Å². The van der Waals surface area contributed by atoms with Crippen LogP contribution in [-0.4, -0.2) is 28.0 Å². The van der Waals surface area contributed by atoms with E-state index in [1.165, 1.54) is 19.5 Å². The standard InChI is InChI=1S/C14H10N6O3/c1-22-14(21)10-6-16-11-4-8(2-3-9(10)11)23-13-5-12(19-20-15)17-7-18-13/h2-7,16H,1H3. The lowest BCUT2D eigenvalue weighted by molar-refractivity contribution is 0.0603.